The van der Waals surface area contributed by atoms with Gasteiger partial charge in [0.1, 0.15) is 5.75 Å². The van der Waals surface area contributed by atoms with Gasteiger partial charge in [-0.3, -0.25) is 10.1 Å². The van der Waals surface area contributed by atoms with Crippen molar-refractivity contribution in [3.8, 4) is 17.0 Å². The molecular weight excluding hydrogens is 368 g/mol. The molecule has 0 saturated heterocycles. The summed E-state index contributed by atoms with van der Waals surface area (Å²) in [6, 6.07) is 13.4. The molecule has 4 nitrogen and oxygen atoms in total. The van der Waals surface area contributed by atoms with Crippen molar-refractivity contribution in [3.05, 3.63) is 63.5 Å². The standard InChI is InChI=1S/C20H19ClN2O2S/c1-12-7-8-17(13(2)9-12)25-11-18(24)22-20-23-19(14(3)26-20)15-5-4-6-16(21)10-15/h4-10H,11H2,1-3H3,(H,22,23,24). The van der Waals surface area contributed by atoms with E-state index in [9.17, 15) is 4.79 Å². The van der Waals surface area contributed by atoms with E-state index in [1.54, 1.807) is 0 Å². The zero-order valence-corrected chi connectivity index (χ0v) is 16.4. The van der Waals surface area contributed by atoms with Gasteiger partial charge >= 0.3 is 0 Å². The van der Waals surface area contributed by atoms with Gasteiger partial charge in [-0.1, -0.05) is 41.4 Å². The average Bonchev–Trinajstić information content (AvgIpc) is 2.94. The SMILES string of the molecule is Cc1ccc(OCC(=O)Nc2nc(-c3cccc(Cl)c3)c(C)s2)c(C)c1. The van der Waals surface area contributed by atoms with Crippen molar-refractivity contribution < 1.29 is 9.53 Å². The first-order chi connectivity index (χ1) is 12.4. The Morgan fingerprint density at radius 2 is 2.00 bits per heavy atom. The number of nitrogens with one attached hydrogen (secondary N) is 1. The number of anilines is 1. The van der Waals surface area contributed by atoms with E-state index in [0.29, 0.717) is 15.9 Å². The highest BCUT2D eigenvalue weighted by molar-refractivity contribution is 7.16. The topological polar surface area (TPSA) is 51.2 Å². The third kappa shape index (κ3) is 4.42. The van der Waals surface area contributed by atoms with Gasteiger partial charge in [-0.15, -0.1) is 11.3 Å². The van der Waals surface area contributed by atoms with Crippen LogP contribution in [0.3, 0.4) is 0 Å². The molecule has 0 aliphatic carbocycles. The first kappa shape index (κ1) is 18.4. The second-order valence-corrected chi connectivity index (χ2v) is 7.68. The van der Waals surface area contributed by atoms with Gasteiger partial charge in [0.15, 0.2) is 11.7 Å². The summed E-state index contributed by atoms with van der Waals surface area (Å²) in [5.41, 5.74) is 3.92. The number of hydrogen-bond donors (Lipinski definition) is 1. The van der Waals surface area contributed by atoms with Gasteiger partial charge in [0.25, 0.3) is 5.91 Å². The normalized spacial score (nSPS) is 10.6. The van der Waals surface area contributed by atoms with E-state index in [4.69, 9.17) is 16.3 Å². The molecule has 0 bridgehead atoms. The molecule has 2 aromatic carbocycles. The minimum absolute atomic E-state index is 0.0605. The zero-order chi connectivity index (χ0) is 18.7. The van der Waals surface area contributed by atoms with E-state index in [1.165, 1.54) is 11.3 Å². The third-order valence-corrected chi connectivity index (χ3v) is 4.95. The monoisotopic (exact) mass is 386 g/mol. The smallest absolute Gasteiger partial charge is 0.264 e. The summed E-state index contributed by atoms with van der Waals surface area (Å²) in [5, 5.41) is 4.00. The van der Waals surface area contributed by atoms with Crippen LogP contribution < -0.4 is 10.1 Å². The quantitative estimate of drug-likeness (QED) is 0.638. The highest BCUT2D eigenvalue weighted by Crippen LogP contribution is 2.31. The lowest BCUT2D eigenvalue weighted by Crippen LogP contribution is -2.20. The molecule has 0 radical (unpaired) electrons. The minimum atomic E-state index is -0.239. The Morgan fingerprint density at radius 3 is 2.73 bits per heavy atom. The maximum atomic E-state index is 12.2. The zero-order valence-electron chi connectivity index (χ0n) is 14.8. The molecule has 134 valence electrons. The largest absolute Gasteiger partial charge is 0.483 e. The molecule has 0 atom stereocenters. The molecule has 3 aromatic rings. The summed E-state index contributed by atoms with van der Waals surface area (Å²) < 4.78 is 5.61. The van der Waals surface area contributed by atoms with Crippen molar-refractivity contribution in [2.75, 3.05) is 11.9 Å². The molecule has 6 heteroatoms. The highest BCUT2D eigenvalue weighted by atomic mass is 35.5. The Bertz CT molecular complexity index is 953. The van der Waals surface area contributed by atoms with Crippen LogP contribution in [0.25, 0.3) is 11.3 Å². The molecule has 1 aromatic heterocycles. The number of carbonyl (C=O) groups excluding carboxylic acids is 1. The number of halogens is 1. The van der Waals surface area contributed by atoms with Crippen LogP contribution >= 0.6 is 22.9 Å². The Kier molecular flexibility index (Phi) is 5.59. The van der Waals surface area contributed by atoms with Crippen molar-refractivity contribution in [2.24, 2.45) is 0 Å². The molecule has 1 amide bonds. The molecule has 0 spiro atoms. The summed E-state index contributed by atoms with van der Waals surface area (Å²) in [7, 11) is 0. The molecule has 0 saturated carbocycles. The number of thiazole rings is 1. The van der Waals surface area contributed by atoms with Crippen LogP contribution in [-0.2, 0) is 4.79 Å². The lowest BCUT2D eigenvalue weighted by molar-refractivity contribution is -0.118. The number of aromatic nitrogens is 1. The van der Waals surface area contributed by atoms with Crippen LogP contribution in [0, 0.1) is 20.8 Å². The Labute approximate surface area is 161 Å². The lowest BCUT2D eigenvalue weighted by atomic mass is 10.1. The second-order valence-electron chi connectivity index (χ2n) is 6.04. The summed E-state index contributed by atoms with van der Waals surface area (Å²) >= 11 is 7.48. The first-order valence-corrected chi connectivity index (χ1v) is 9.35. The van der Waals surface area contributed by atoms with Crippen LogP contribution in [0.2, 0.25) is 5.02 Å². The third-order valence-electron chi connectivity index (χ3n) is 3.83. The van der Waals surface area contributed by atoms with E-state index >= 15 is 0 Å². The van der Waals surface area contributed by atoms with Gasteiger partial charge in [-0.25, -0.2) is 4.98 Å². The van der Waals surface area contributed by atoms with Gasteiger partial charge in [0.2, 0.25) is 0 Å². The van der Waals surface area contributed by atoms with Crippen LogP contribution in [0.1, 0.15) is 16.0 Å². The van der Waals surface area contributed by atoms with Crippen molar-refractivity contribution >= 4 is 34.0 Å². The molecular formula is C20H19ClN2O2S. The van der Waals surface area contributed by atoms with Gasteiger partial charge in [0.05, 0.1) is 5.69 Å². The van der Waals surface area contributed by atoms with E-state index in [2.05, 4.69) is 10.3 Å². The molecule has 0 aliphatic heterocycles. The van der Waals surface area contributed by atoms with E-state index in [0.717, 1.165) is 27.3 Å². The van der Waals surface area contributed by atoms with Crippen molar-refractivity contribution in [1.29, 1.82) is 0 Å². The van der Waals surface area contributed by atoms with Gasteiger partial charge < -0.3 is 4.74 Å². The number of aryl methyl sites for hydroxylation is 3. The number of amides is 1. The van der Waals surface area contributed by atoms with Crippen LogP contribution in [0.4, 0.5) is 5.13 Å². The number of rotatable bonds is 5. The fraction of sp³-hybridized carbons (Fsp3) is 0.200. The second kappa shape index (κ2) is 7.89. The number of ether oxygens (including phenoxy) is 1. The van der Waals surface area contributed by atoms with Crippen molar-refractivity contribution in [2.45, 2.75) is 20.8 Å². The Balaban J connectivity index is 1.65. The number of hydrogen-bond acceptors (Lipinski definition) is 4. The average molecular weight is 387 g/mol. The first-order valence-electron chi connectivity index (χ1n) is 8.15. The Morgan fingerprint density at radius 1 is 1.19 bits per heavy atom. The predicted molar refractivity (Wildman–Crippen MR) is 107 cm³/mol. The summed E-state index contributed by atoms with van der Waals surface area (Å²) in [4.78, 5) is 17.7. The van der Waals surface area contributed by atoms with Crippen molar-refractivity contribution in [1.82, 2.24) is 4.98 Å². The van der Waals surface area contributed by atoms with E-state index in [-0.39, 0.29) is 12.5 Å². The maximum Gasteiger partial charge on any atom is 0.264 e. The molecule has 0 fully saturated rings. The molecule has 1 N–H and O–H groups in total. The molecule has 26 heavy (non-hydrogen) atoms. The van der Waals surface area contributed by atoms with Gasteiger partial charge in [-0.2, -0.15) is 0 Å². The summed E-state index contributed by atoms with van der Waals surface area (Å²) in [6.45, 7) is 5.89. The Hall–Kier alpha value is -2.37. The minimum Gasteiger partial charge on any atom is -0.483 e. The van der Waals surface area contributed by atoms with Crippen molar-refractivity contribution in [3.63, 3.8) is 0 Å². The summed E-state index contributed by atoms with van der Waals surface area (Å²) in [6.07, 6.45) is 0. The summed E-state index contributed by atoms with van der Waals surface area (Å²) in [5.74, 6) is 0.469. The number of carbonyl (C=O) groups is 1. The van der Waals surface area contributed by atoms with Crippen LogP contribution in [0.5, 0.6) is 5.75 Å². The fourth-order valence-electron chi connectivity index (χ4n) is 2.61. The maximum absolute atomic E-state index is 12.2. The number of benzene rings is 2. The predicted octanol–water partition coefficient (Wildman–Crippen LogP) is 5.41. The molecule has 3 rings (SSSR count). The highest BCUT2D eigenvalue weighted by Gasteiger charge is 2.13. The fourth-order valence-corrected chi connectivity index (χ4v) is 3.66. The number of nitrogens with zero attached hydrogens (tertiary/aromatic N) is 1. The van der Waals surface area contributed by atoms with E-state index in [1.807, 2.05) is 63.2 Å². The van der Waals surface area contributed by atoms with E-state index < -0.39 is 0 Å². The molecule has 0 unspecified atom stereocenters. The lowest BCUT2D eigenvalue weighted by Gasteiger charge is -2.09. The molecule has 0 aliphatic rings. The van der Waals surface area contributed by atoms with Crippen LogP contribution in [-0.4, -0.2) is 17.5 Å². The van der Waals surface area contributed by atoms with Gasteiger partial charge in [-0.05, 0) is 44.5 Å². The van der Waals surface area contributed by atoms with Crippen LogP contribution in [0.15, 0.2) is 42.5 Å². The van der Waals surface area contributed by atoms with Gasteiger partial charge in [0, 0.05) is 15.5 Å². The molecule has 1 heterocycles.